The minimum Gasteiger partial charge on any atom is -0.457 e. The van der Waals surface area contributed by atoms with Gasteiger partial charge < -0.3 is 4.74 Å². The van der Waals surface area contributed by atoms with Crippen molar-refractivity contribution >= 4 is 0 Å². The lowest BCUT2D eigenvalue weighted by Gasteiger charge is -2.12. The highest BCUT2D eigenvalue weighted by Crippen LogP contribution is 2.28. The number of unbranched alkanes of at least 4 members (excludes halogenated alkanes) is 30. The molecule has 0 heterocycles. The third kappa shape index (κ3) is 25.8. The second kappa shape index (κ2) is 33.4. The van der Waals surface area contributed by atoms with E-state index in [0.717, 1.165) is 24.3 Å². The predicted octanol–water partition coefficient (Wildman–Crippen LogP) is 17.1. The molecule has 2 rings (SSSR count). The fourth-order valence-electron chi connectivity index (χ4n) is 7.44. The van der Waals surface area contributed by atoms with E-state index >= 15 is 0 Å². The highest BCUT2D eigenvalue weighted by atomic mass is 16.5. The largest absolute Gasteiger partial charge is 0.457 e. The molecule has 0 aromatic heterocycles. The highest BCUT2D eigenvalue weighted by molar-refractivity contribution is 5.39. The van der Waals surface area contributed by atoms with Gasteiger partial charge in [0.15, 0.2) is 0 Å². The van der Waals surface area contributed by atoms with Gasteiger partial charge in [-0.05, 0) is 55.0 Å². The molecule has 49 heavy (non-hydrogen) atoms. The van der Waals surface area contributed by atoms with Crippen LogP contribution in [0.3, 0.4) is 0 Å². The Kier molecular flexibility index (Phi) is 29.6. The maximum Gasteiger partial charge on any atom is 0.130 e. The SMILES string of the molecule is CCCCCCCCCCCCCCCCCCc1cccc(Oc2ccccc2CCCCCCCCCCCCCCCCCC)c1. The molecule has 0 N–H and O–H groups in total. The van der Waals surface area contributed by atoms with Crippen molar-refractivity contribution < 1.29 is 4.74 Å². The minimum atomic E-state index is 0.994. The van der Waals surface area contributed by atoms with Gasteiger partial charge in [0.05, 0.1) is 0 Å². The van der Waals surface area contributed by atoms with E-state index in [9.17, 15) is 0 Å². The molecule has 280 valence electrons. The van der Waals surface area contributed by atoms with Crippen molar-refractivity contribution in [3.63, 3.8) is 0 Å². The quantitative estimate of drug-likeness (QED) is 0.0654. The molecule has 2 aromatic rings. The molecule has 0 fully saturated rings. The zero-order valence-electron chi connectivity index (χ0n) is 33.1. The van der Waals surface area contributed by atoms with Crippen molar-refractivity contribution in [3.05, 3.63) is 59.7 Å². The first kappa shape index (κ1) is 43.4. The van der Waals surface area contributed by atoms with Gasteiger partial charge in [-0.3, -0.25) is 0 Å². The van der Waals surface area contributed by atoms with Crippen LogP contribution in [-0.4, -0.2) is 0 Å². The lowest BCUT2D eigenvalue weighted by Crippen LogP contribution is -1.94. The van der Waals surface area contributed by atoms with E-state index < -0.39 is 0 Å². The van der Waals surface area contributed by atoms with Gasteiger partial charge in [0.25, 0.3) is 0 Å². The second-order valence-electron chi connectivity index (χ2n) is 15.5. The van der Waals surface area contributed by atoms with Crippen LogP contribution in [0.25, 0.3) is 0 Å². The summed E-state index contributed by atoms with van der Waals surface area (Å²) in [6, 6.07) is 17.6. The van der Waals surface area contributed by atoms with Crippen LogP contribution in [0.15, 0.2) is 48.5 Å². The van der Waals surface area contributed by atoms with E-state index in [0.29, 0.717) is 0 Å². The number of hydrogen-bond donors (Lipinski definition) is 0. The summed E-state index contributed by atoms with van der Waals surface area (Å²) < 4.78 is 6.46. The third-order valence-corrected chi connectivity index (χ3v) is 10.7. The van der Waals surface area contributed by atoms with Crippen LogP contribution in [0, 0.1) is 0 Å². The molecule has 0 aliphatic carbocycles. The van der Waals surface area contributed by atoms with Gasteiger partial charge >= 0.3 is 0 Å². The Bertz CT molecular complexity index is 963. The standard InChI is InChI=1S/C48H82O/c1-3-5-7-9-11-13-15-17-19-21-23-25-27-29-31-33-38-45-39-37-42-47(44-45)49-48-43-36-35-41-46(48)40-34-32-30-28-26-24-22-20-18-16-14-12-10-8-6-4-2/h35-37,39,41-44H,3-34,38,40H2,1-2H3. The van der Waals surface area contributed by atoms with Crippen LogP contribution in [-0.2, 0) is 12.8 Å². The van der Waals surface area contributed by atoms with Crippen molar-refractivity contribution in [2.75, 3.05) is 0 Å². The van der Waals surface area contributed by atoms with Crippen LogP contribution in [0.1, 0.15) is 230 Å². The summed E-state index contributed by atoms with van der Waals surface area (Å²) in [5, 5.41) is 0. The Balaban J connectivity index is 1.47. The molecule has 2 aromatic carbocycles. The van der Waals surface area contributed by atoms with Gasteiger partial charge in [-0.25, -0.2) is 0 Å². The van der Waals surface area contributed by atoms with Crippen LogP contribution < -0.4 is 4.74 Å². The van der Waals surface area contributed by atoms with Gasteiger partial charge in [0, 0.05) is 0 Å². The van der Waals surface area contributed by atoms with E-state index in [1.54, 1.807) is 0 Å². The first-order valence-electron chi connectivity index (χ1n) is 22.2. The Morgan fingerprint density at radius 1 is 0.347 bits per heavy atom. The summed E-state index contributed by atoms with van der Waals surface area (Å²) in [5.41, 5.74) is 2.77. The lowest BCUT2D eigenvalue weighted by molar-refractivity contribution is 0.473. The van der Waals surface area contributed by atoms with Crippen molar-refractivity contribution in [2.45, 2.75) is 232 Å². The lowest BCUT2D eigenvalue weighted by atomic mass is 10.0. The van der Waals surface area contributed by atoms with Crippen molar-refractivity contribution in [1.29, 1.82) is 0 Å². The van der Waals surface area contributed by atoms with Gasteiger partial charge in [-0.2, -0.15) is 0 Å². The molecule has 0 radical (unpaired) electrons. The van der Waals surface area contributed by atoms with Crippen LogP contribution in [0.5, 0.6) is 11.5 Å². The summed E-state index contributed by atoms with van der Waals surface area (Å²) in [7, 11) is 0. The molecule has 0 aliphatic heterocycles. The molecule has 1 nitrogen and oxygen atoms in total. The molecule has 0 spiro atoms. The summed E-state index contributed by atoms with van der Waals surface area (Å²) in [6.45, 7) is 4.61. The zero-order valence-corrected chi connectivity index (χ0v) is 33.1. The average Bonchev–Trinajstić information content (AvgIpc) is 3.12. The topological polar surface area (TPSA) is 9.23 Å². The molecular weight excluding hydrogens is 593 g/mol. The van der Waals surface area contributed by atoms with E-state index in [2.05, 4.69) is 62.4 Å². The maximum absolute atomic E-state index is 6.46. The number of ether oxygens (including phenoxy) is 1. The van der Waals surface area contributed by atoms with E-state index in [1.165, 1.54) is 217 Å². The number of benzene rings is 2. The zero-order chi connectivity index (χ0) is 34.7. The highest BCUT2D eigenvalue weighted by Gasteiger charge is 2.06. The maximum atomic E-state index is 6.46. The average molecular weight is 675 g/mol. The monoisotopic (exact) mass is 675 g/mol. The molecule has 0 amide bonds. The first-order valence-corrected chi connectivity index (χ1v) is 22.2. The molecule has 0 saturated heterocycles. The third-order valence-electron chi connectivity index (χ3n) is 10.7. The summed E-state index contributed by atoms with van der Waals surface area (Å²) >= 11 is 0. The van der Waals surface area contributed by atoms with Gasteiger partial charge in [0.1, 0.15) is 11.5 Å². The van der Waals surface area contributed by atoms with Crippen LogP contribution in [0.4, 0.5) is 0 Å². The van der Waals surface area contributed by atoms with E-state index in [-0.39, 0.29) is 0 Å². The fourth-order valence-corrected chi connectivity index (χ4v) is 7.44. The van der Waals surface area contributed by atoms with Crippen molar-refractivity contribution in [2.24, 2.45) is 0 Å². The molecular formula is C48H82O. The van der Waals surface area contributed by atoms with E-state index in [4.69, 9.17) is 4.74 Å². The number of hydrogen-bond acceptors (Lipinski definition) is 1. The first-order chi connectivity index (χ1) is 24.3. The predicted molar refractivity (Wildman–Crippen MR) is 219 cm³/mol. The molecule has 0 atom stereocenters. The minimum absolute atomic E-state index is 0.994. The Hall–Kier alpha value is -1.76. The van der Waals surface area contributed by atoms with Gasteiger partial charge in [-0.15, -0.1) is 0 Å². The van der Waals surface area contributed by atoms with E-state index in [1.807, 2.05) is 0 Å². The van der Waals surface area contributed by atoms with Crippen molar-refractivity contribution in [3.8, 4) is 11.5 Å². The number of aryl methyl sites for hydroxylation is 2. The van der Waals surface area contributed by atoms with Crippen LogP contribution in [0.2, 0.25) is 0 Å². The smallest absolute Gasteiger partial charge is 0.130 e. The Morgan fingerprint density at radius 2 is 0.714 bits per heavy atom. The van der Waals surface area contributed by atoms with Gasteiger partial charge in [0.2, 0.25) is 0 Å². The fraction of sp³-hybridized carbons (Fsp3) is 0.750. The normalized spacial score (nSPS) is 11.4. The summed E-state index contributed by atoms with van der Waals surface area (Å²) in [6.07, 6.45) is 47.7. The summed E-state index contributed by atoms with van der Waals surface area (Å²) in [4.78, 5) is 0. The summed E-state index contributed by atoms with van der Waals surface area (Å²) in [5.74, 6) is 2.04. The molecule has 0 unspecified atom stereocenters. The van der Waals surface area contributed by atoms with Gasteiger partial charge in [-0.1, -0.05) is 237 Å². The van der Waals surface area contributed by atoms with Crippen LogP contribution >= 0.6 is 0 Å². The molecule has 0 saturated carbocycles. The second-order valence-corrected chi connectivity index (χ2v) is 15.5. The molecule has 0 aliphatic rings. The Labute approximate surface area is 307 Å². The molecule has 0 bridgehead atoms. The Morgan fingerprint density at radius 3 is 1.14 bits per heavy atom. The van der Waals surface area contributed by atoms with Crippen molar-refractivity contribution in [1.82, 2.24) is 0 Å². The molecule has 1 heteroatoms. The number of rotatable bonds is 36. The number of para-hydroxylation sites is 1.